The van der Waals surface area contributed by atoms with Crippen molar-refractivity contribution in [3.8, 4) is 11.4 Å². The van der Waals surface area contributed by atoms with Crippen molar-refractivity contribution in [2.75, 3.05) is 6.61 Å². The molecule has 19 heavy (non-hydrogen) atoms. The van der Waals surface area contributed by atoms with Gasteiger partial charge in [0.1, 0.15) is 5.75 Å². The van der Waals surface area contributed by atoms with Crippen LogP contribution in [0.1, 0.15) is 18.1 Å². The average molecular weight is 322 g/mol. The minimum Gasteiger partial charge on any atom is -0.494 e. The quantitative estimate of drug-likeness (QED) is 0.864. The summed E-state index contributed by atoms with van der Waals surface area (Å²) in [5.41, 5.74) is 2.77. The minimum absolute atomic E-state index is 0.0343. The SMILES string of the molecule is CCOc1ccc(-n2cc(Br)c(C)cc2=O)c(C)c1. The third kappa shape index (κ3) is 2.89. The van der Waals surface area contributed by atoms with Crippen molar-refractivity contribution in [3.05, 3.63) is 56.4 Å². The van der Waals surface area contributed by atoms with Crippen LogP contribution in [0.15, 0.2) is 39.7 Å². The van der Waals surface area contributed by atoms with E-state index in [2.05, 4.69) is 15.9 Å². The predicted octanol–water partition coefficient (Wildman–Crippen LogP) is 3.62. The average Bonchev–Trinajstić information content (AvgIpc) is 2.35. The lowest BCUT2D eigenvalue weighted by molar-refractivity contribution is 0.340. The summed E-state index contributed by atoms with van der Waals surface area (Å²) in [5, 5.41) is 0. The van der Waals surface area contributed by atoms with E-state index in [9.17, 15) is 4.79 Å². The Balaban J connectivity index is 2.53. The topological polar surface area (TPSA) is 31.2 Å². The predicted molar refractivity (Wildman–Crippen MR) is 80.4 cm³/mol. The van der Waals surface area contributed by atoms with Crippen LogP contribution >= 0.6 is 15.9 Å². The van der Waals surface area contributed by atoms with Gasteiger partial charge in [0, 0.05) is 16.7 Å². The van der Waals surface area contributed by atoms with Crippen LogP contribution < -0.4 is 10.3 Å². The van der Waals surface area contributed by atoms with Crippen molar-refractivity contribution in [1.82, 2.24) is 4.57 Å². The zero-order valence-corrected chi connectivity index (χ0v) is 12.8. The van der Waals surface area contributed by atoms with E-state index in [1.54, 1.807) is 16.8 Å². The lowest BCUT2D eigenvalue weighted by atomic mass is 10.2. The van der Waals surface area contributed by atoms with Gasteiger partial charge in [-0.15, -0.1) is 0 Å². The number of benzene rings is 1. The second-order valence-electron chi connectivity index (χ2n) is 4.39. The van der Waals surface area contributed by atoms with E-state index in [4.69, 9.17) is 4.74 Å². The van der Waals surface area contributed by atoms with Crippen LogP contribution in [0.25, 0.3) is 5.69 Å². The molecule has 0 amide bonds. The number of pyridine rings is 1. The van der Waals surface area contributed by atoms with E-state index < -0.39 is 0 Å². The fraction of sp³-hybridized carbons (Fsp3) is 0.267. The molecule has 1 aromatic heterocycles. The lowest BCUT2D eigenvalue weighted by Gasteiger charge is -2.12. The third-order valence-electron chi connectivity index (χ3n) is 2.94. The normalized spacial score (nSPS) is 10.5. The van der Waals surface area contributed by atoms with Crippen LogP contribution in [0.4, 0.5) is 0 Å². The molecule has 0 fully saturated rings. The second-order valence-corrected chi connectivity index (χ2v) is 5.25. The molecule has 3 nitrogen and oxygen atoms in total. The van der Waals surface area contributed by atoms with E-state index in [-0.39, 0.29) is 5.56 Å². The van der Waals surface area contributed by atoms with Gasteiger partial charge in [0.25, 0.3) is 5.56 Å². The molecule has 2 aromatic rings. The first kappa shape index (κ1) is 13.9. The maximum absolute atomic E-state index is 12.1. The molecule has 0 saturated heterocycles. The number of aromatic nitrogens is 1. The van der Waals surface area contributed by atoms with Crippen molar-refractivity contribution < 1.29 is 4.74 Å². The number of nitrogens with zero attached hydrogens (tertiary/aromatic N) is 1. The van der Waals surface area contributed by atoms with Crippen LogP contribution in [0, 0.1) is 13.8 Å². The smallest absolute Gasteiger partial charge is 0.255 e. The first-order chi connectivity index (χ1) is 9.02. The van der Waals surface area contributed by atoms with Crippen molar-refractivity contribution in [2.45, 2.75) is 20.8 Å². The summed E-state index contributed by atoms with van der Waals surface area (Å²) in [6.45, 7) is 6.46. The minimum atomic E-state index is -0.0343. The maximum Gasteiger partial charge on any atom is 0.255 e. The summed E-state index contributed by atoms with van der Waals surface area (Å²) in [7, 11) is 0. The largest absolute Gasteiger partial charge is 0.494 e. The molecule has 1 aromatic carbocycles. The molecule has 0 atom stereocenters. The molecule has 0 bridgehead atoms. The molecule has 4 heteroatoms. The van der Waals surface area contributed by atoms with E-state index in [1.165, 1.54) is 0 Å². The van der Waals surface area contributed by atoms with Crippen LogP contribution in [-0.2, 0) is 0 Å². The number of halogens is 1. The summed E-state index contributed by atoms with van der Waals surface area (Å²) >= 11 is 3.46. The van der Waals surface area contributed by atoms with E-state index in [1.807, 2.05) is 39.0 Å². The molecule has 2 rings (SSSR count). The van der Waals surface area contributed by atoms with Crippen molar-refractivity contribution in [2.24, 2.45) is 0 Å². The number of rotatable bonds is 3. The lowest BCUT2D eigenvalue weighted by Crippen LogP contribution is -2.18. The Morgan fingerprint density at radius 2 is 1.95 bits per heavy atom. The summed E-state index contributed by atoms with van der Waals surface area (Å²) in [6.07, 6.45) is 1.81. The molecule has 0 radical (unpaired) electrons. The Morgan fingerprint density at radius 1 is 1.21 bits per heavy atom. The number of hydrogen-bond acceptors (Lipinski definition) is 2. The number of ether oxygens (including phenoxy) is 1. The highest BCUT2D eigenvalue weighted by Gasteiger charge is 2.07. The molecule has 1 heterocycles. The first-order valence-electron chi connectivity index (χ1n) is 6.15. The van der Waals surface area contributed by atoms with Gasteiger partial charge in [0.05, 0.1) is 12.3 Å². The third-order valence-corrected chi connectivity index (χ3v) is 3.77. The molecule has 0 saturated carbocycles. The summed E-state index contributed by atoms with van der Waals surface area (Å²) in [4.78, 5) is 12.1. The Hall–Kier alpha value is -1.55. The van der Waals surface area contributed by atoms with Crippen molar-refractivity contribution in [1.29, 1.82) is 0 Å². The molecule has 100 valence electrons. The molecule has 0 aliphatic carbocycles. The maximum atomic E-state index is 12.1. The molecule has 0 spiro atoms. The van der Waals surface area contributed by atoms with Gasteiger partial charge in [0.15, 0.2) is 0 Å². The van der Waals surface area contributed by atoms with Gasteiger partial charge in [-0.1, -0.05) is 0 Å². The van der Waals surface area contributed by atoms with Gasteiger partial charge in [-0.2, -0.15) is 0 Å². The van der Waals surface area contributed by atoms with E-state index in [0.29, 0.717) is 6.61 Å². The summed E-state index contributed by atoms with van der Waals surface area (Å²) in [6, 6.07) is 7.36. The standard InChI is InChI=1S/C15H16BrNO2/c1-4-19-12-5-6-14(11(3)7-12)17-9-13(16)10(2)8-15(17)18/h5-9H,4H2,1-3H3. The Bertz CT molecular complexity index is 662. The van der Waals surface area contributed by atoms with Gasteiger partial charge in [0.2, 0.25) is 0 Å². The highest BCUT2D eigenvalue weighted by Crippen LogP contribution is 2.21. The van der Waals surface area contributed by atoms with E-state index in [0.717, 1.165) is 27.0 Å². The van der Waals surface area contributed by atoms with Gasteiger partial charge >= 0.3 is 0 Å². The van der Waals surface area contributed by atoms with E-state index >= 15 is 0 Å². The zero-order valence-electron chi connectivity index (χ0n) is 11.2. The van der Waals surface area contributed by atoms with Crippen LogP contribution in [-0.4, -0.2) is 11.2 Å². The summed E-state index contributed by atoms with van der Waals surface area (Å²) < 4.78 is 8.01. The molecule has 0 N–H and O–H groups in total. The monoisotopic (exact) mass is 321 g/mol. The number of aryl methyl sites for hydroxylation is 2. The van der Waals surface area contributed by atoms with Gasteiger partial charge in [-0.3, -0.25) is 9.36 Å². The number of hydrogen-bond donors (Lipinski definition) is 0. The Labute approximate surface area is 121 Å². The molecule has 0 aliphatic heterocycles. The Kier molecular flexibility index (Phi) is 4.10. The van der Waals surface area contributed by atoms with Crippen LogP contribution in [0.3, 0.4) is 0 Å². The molecule has 0 aliphatic rings. The molecule has 0 unspecified atom stereocenters. The second kappa shape index (κ2) is 5.61. The Morgan fingerprint density at radius 3 is 2.58 bits per heavy atom. The van der Waals surface area contributed by atoms with Gasteiger partial charge in [-0.25, -0.2) is 0 Å². The first-order valence-corrected chi connectivity index (χ1v) is 6.95. The highest BCUT2D eigenvalue weighted by molar-refractivity contribution is 9.10. The summed E-state index contributed by atoms with van der Waals surface area (Å²) in [5.74, 6) is 0.822. The fourth-order valence-corrected chi connectivity index (χ4v) is 2.26. The van der Waals surface area contributed by atoms with Crippen LogP contribution in [0.2, 0.25) is 0 Å². The van der Waals surface area contributed by atoms with Crippen LogP contribution in [0.5, 0.6) is 5.75 Å². The highest BCUT2D eigenvalue weighted by atomic mass is 79.9. The van der Waals surface area contributed by atoms with Crippen molar-refractivity contribution >= 4 is 15.9 Å². The molecular weight excluding hydrogens is 306 g/mol. The molecular formula is C15H16BrNO2. The van der Waals surface area contributed by atoms with Gasteiger partial charge < -0.3 is 4.74 Å². The van der Waals surface area contributed by atoms with Gasteiger partial charge in [-0.05, 0) is 66.0 Å². The fourth-order valence-electron chi connectivity index (χ4n) is 1.95. The zero-order chi connectivity index (χ0) is 14.0. The van der Waals surface area contributed by atoms with Crippen molar-refractivity contribution in [3.63, 3.8) is 0 Å².